The molecule has 3 rings (SSSR count). The van der Waals surface area contributed by atoms with Gasteiger partial charge in [0.15, 0.2) is 0 Å². The second-order valence-corrected chi connectivity index (χ2v) is 6.26. The minimum absolute atomic E-state index is 0.0940. The summed E-state index contributed by atoms with van der Waals surface area (Å²) in [6.45, 7) is 4.41. The summed E-state index contributed by atoms with van der Waals surface area (Å²) in [6.07, 6.45) is 0.655. The van der Waals surface area contributed by atoms with E-state index < -0.39 is 0 Å². The van der Waals surface area contributed by atoms with Gasteiger partial charge in [-0.3, -0.25) is 14.5 Å². The van der Waals surface area contributed by atoms with E-state index in [-0.39, 0.29) is 11.8 Å². The molecule has 1 aliphatic rings. The number of thiazole rings is 1. The van der Waals surface area contributed by atoms with E-state index in [4.69, 9.17) is 0 Å². The fourth-order valence-corrected chi connectivity index (χ4v) is 3.24. The van der Waals surface area contributed by atoms with E-state index in [1.807, 2.05) is 5.38 Å². The highest BCUT2D eigenvalue weighted by Gasteiger charge is 2.29. The molecule has 4 nitrogen and oxygen atoms in total. The average Bonchev–Trinajstić information content (AvgIpc) is 3.04. The maximum atomic E-state index is 11.6. The number of rotatable bonds is 3. The van der Waals surface area contributed by atoms with Gasteiger partial charge < -0.3 is 0 Å². The van der Waals surface area contributed by atoms with E-state index in [1.165, 1.54) is 27.4 Å². The summed E-state index contributed by atoms with van der Waals surface area (Å²) in [5.41, 5.74) is 4.38. The van der Waals surface area contributed by atoms with E-state index in [1.54, 1.807) is 0 Å². The summed E-state index contributed by atoms with van der Waals surface area (Å²) >= 11 is 1.49. The molecule has 0 saturated carbocycles. The number of hydrogen-bond acceptors (Lipinski definition) is 4. The van der Waals surface area contributed by atoms with Gasteiger partial charge >= 0.3 is 0 Å². The summed E-state index contributed by atoms with van der Waals surface area (Å²) < 4.78 is 0. The van der Waals surface area contributed by atoms with Crippen LogP contribution in [0.1, 0.15) is 29.0 Å². The van der Waals surface area contributed by atoms with Crippen LogP contribution in [0.4, 0.5) is 0 Å². The molecule has 0 aliphatic carbocycles. The number of likely N-dealkylation sites (tertiary alicyclic amines) is 1. The largest absolute Gasteiger partial charge is 0.276 e. The smallest absolute Gasteiger partial charge is 0.230 e. The molecule has 108 valence electrons. The maximum Gasteiger partial charge on any atom is 0.230 e. The van der Waals surface area contributed by atoms with Crippen molar-refractivity contribution in [1.29, 1.82) is 0 Å². The number of benzene rings is 1. The SMILES string of the molecule is Cc1ccc(C)c(-c2csc(CN3C(=O)CCC3=O)n2)c1. The molecule has 21 heavy (non-hydrogen) atoms. The Balaban J connectivity index is 1.85. The van der Waals surface area contributed by atoms with Crippen LogP contribution in [0, 0.1) is 13.8 Å². The fourth-order valence-electron chi connectivity index (χ4n) is 2.45. The van der Waals surface area contributed by atoms with Crippen LogP contribution in [-0.2, 0) is 16.1 Å². The van der Waals surface area contributed by atoms with Gasteiger partial charge in [0.05, 0.1) is 12.2 Å². The number of aryl methyl sites for hydroxylation is 2. The van der Waals surface area contributed by atoms with Crippen LogP contribution in [-0.4, -0.2) is 21.7 Å². The average molecular weight is 300 g/mol. The fraction of sp³-hybridized carbons (Fsp3) is 0.312. The second kappa shape index (κ2) is 5.41. The van der Waals surface area contributed by atoms with Crippen molar-refractivity contribution < 1.29 is 9.59 Å². The number of carbonyl (C=O) groups is 2. The molecule has 2 heterocycles. The Labute approximate surface area is 127 Å². The molecule has 2 amide bonds. The normalized spacial score (nSPS) is 15.0. The van der Waals surface area contributed by atoms with Crippen LogP contribution in [0.5, 0.6) is 0 Å². The monoisotopic (exact) mass is 300 g/mol. The minimum atomic E-state index is -0.0940. The number of aromatic nitrogens is 1. The molecule has 1 aromatic heterocycles. The Morgan fingerprint density at radius 3 is 2.62 bits per heavy atom. The molecular weight excluding hydrogens is 284 g/mol. The van der Waals surface area contributed by atoms with Gasteiger partial charge in [-0.1, -0.05) is 17.7 Å². The zero-order valence-corrected chi connectivity index (χ0v) is 12.9. The highest BCUT2D eigenvalue weighted by Crippen LogP contribution is 2.27. The molecule has 0 atom stereocenters. The standard InChI is InChI=1S/C16H16N2O2S/c1-10-3-4-11(2)12(7-10)13-9-21-14(17-13)8-18-15(19)5-6-16(18)20/h3-4,7,9H,5-6,8H2,1-2H3. The zero-order chi connectivity index (χ0) is 15.0. The molecule has 0 unspecified atom stereocenters. The van der Waals surface area contributed by atoms with E-state index in [9.17, 15) is 9.59 Å². The van der Waals surface area contributed by atoms with Crippen molar-refractivity contribution in [2.45, 2.75) is 33.2 Å². The Kier molecular flexibility index (Phi) is 3.59. The quantitative estimate of drug-likeness (QED) is 0.819. The summed E-state index contributed by atoms with van der Waals surface area (Å²) in [5, 5.41) is 2.79. The first-order valence-electron chi connectivity index (χ1n) is 6.90. The third kappa shape index (κ3) is 2.74. The maximum absolute atomic E-state index is 11.6. The Morgan fingerprint density at radius 1 is 1.19 bits per heavy atom. The van der Waals surface area contributed by atoms with Crippen molar-refractivity contribution in [3.63, 3.8) is 0 Å². The zero-order valence-electron chi connectivity index (χ0n) is 12.0. The first kappa shape index (κ1) is 13.9. The molecule has 1 saturated heterocycles. The molecule has 0 N–H and O–H groups in total. The van der Waals surface area contributed by atoms with Crippen molar-refractivity contribution in [3.8, 4) is 11.3 Å². The second-order valence-electron chi connectivity index (χ2n) is 5.32. The van der Waals surface area contributed by atoms with Crippen LogP contribution >= 0.6 is 11.3 Å². The molecular formula is C16H16N2O2S. The molecule has 0 radical (unpaired) electrons. The molecule has 1 fully saturated rings. The van der Waals surface area contributed by atoms with Crippen LogP contribution in [0.25, 0.3) is 11.3 Å². The lowest BCUT2D eigenvalue weighted by Crippen LogP contribution is -2.28. The Hall–Kier alpha value is -2.01. The highest BCUT2D eigenvalue weighted by molar-refractivity contribution is 7.09. The lowest BCUT2D eigenvalue weighted by molar-refractivity contribution is -0.139. The molecule has 2 aromatic rings. The number of amides is 2. The topological polar surface area (TPSA) is 50.3 Å². The summed E-state index contributed by atoms with van der Waals surface area (Å²) in [5.74, 6) is -0.188. The van der Waals surface area contributed by atoms with E-state index in [2.05, 4.69) is 37.0 Å². The van der Waals surface area contributed by atoms with Gasteiger partial charge in [0.2, 0.25) is 11.8 Å². The first-order valence-corrected chi connectivity index (χ1v) is 7.78. The summed E-state index contributed by atoms with van der Waals surface area (Å²) in [6, 6.07) is 6.27. The van der Waals surface area contributed by atoms with Gasteiger partial charge in [0, 0.05) is 23.8 Å². The van der Waals surface area contributed by atoms with Gasteiger partial charge in [-0.2, -0.15) is 0 Å². The molecule has 5 heteroatoms. The van der Waals surface area contributed by atoms with Crippen molar-refractivity contribution in [2.75, 3.05) is 0 Å². The van der Waals surface area contributed by atoms with Gasteiger partial charge in [0.25, 0.3) is 0 Å². The third-order valence-electron chi connectivity index (χ3n) is 3.67. The lowest BCUT2D eigenvalue weighted by atomic mass is 10.0. The van der Waals surface area contributed by atoms with Crippen LogP contribution in [0.15, 0.2) is 23.6 Å². The number of hydrogen-bond donors (Lipinski definition) is 0. The molecule has 0 bridgehead atoms. The number of nitrogens with zero attached hydrogens (tertiary/aromatic N) is 2. The van der Waals surface area contributed by atoms with Crippen molar-refractivity contribution in [3.05, 3.63) is 39.7 Å². The van der Waals surface area contributed by atoms with Crippen molar-refractivity contribution in [1.82, 2.24) is 9.88 Å². The first-order chi connectivity index (χ1) is 10.0. The predicted octanol–water partition coefficient (Wildman–Crippen LogP) is 3.08. The lowest BCUT2D eigenvalue weighted by Gasteiger charge is -2.11. The van der Waals surface area contributed by atoms with E-state index in [0.717, 1.165) is 16.3 Å². The van der Waals surface area contributed by atoms with E-state index >= 15 is 0 Å². The predicted molar refractivity (Wildman–Crippen MR) is 81.8 cm³/mol. The van der Waals surface area contributed by atoms with Gasteiger partial charge in [-0.05, 0) is 25.5 Å². The van der Waals surface area contributed by atoms with Gasteiger partial charge in [-0.15, -0.1) is 11.3 Å². The van der Waals surface area contributed by atoms with Gasteiger partial charge in [-0.25, -0.2) is 4.98 Å². The number of carbonyl (C=O) groups excluding carboxylic acids is 2. The molecule has 1 aromatic carbocycles. The molecule has 0 spiro atoms. The van der Waals surface area contributed by atoms with Crippen LogP contribution in [0.3, 0.4) is 0 Å². The van der Waals surface area contributed by atoms with Crippen molar-refractivity contribution >= 4 is 23.2 Å². The molecule has 1 aliphatic heterocycles. The van der Waals surface area contributed by atoms with Crippen LogP contribution in [0.2, 0.25) is 0 Å². The minimum Gasteiger partial charge on any atom is -0.276 e. The summed E-state index contributed by atoms with van der Waals surface area (Å²) in [7, 11) is 0. The van der Waals surface area contributed by atoms with Crippen molar-refractivity contribution in [2.24, 2.45) is 0 Å². The highest BCUT2D eigenvalue weighted by atomic mass is 32.1. The number of imide groups is 1. The van der Waals surface area contributed by atoms with E-state index in [0.29, 0.717) is 19.4 Å². The Morgan fingerprint density at radius 2 is 1.90 bits per heavy atom. The summed E-state index contributed by atoms with van der Waals surface area (Å²) in [4.78, 5) is 29.2. The Bertz CT molecular complexity index is 705. The third-order valence-corrected chi connectivity index (χ3v) is 4.50. The van der Waals surface area contributed by atoms with Crippen LogP contribution < -0.4 is 0 Å². The van der Waals surface area contributed by atoms with Gasteiger partial charge in [0.1, 0.15) is 5.01 Å².